The number of anilines is 3. The molecule has 3 N–H and O–H groups in total. The average molecular weight is 1130 g/mol. The molecule has 2 atom stereocenters. The van der Waals surface area contributed by atoms with Gasteiger partial charge in [-0.2, -0.15) is 34.8 Å². The molecule has 0 spiro atoms. The van der Waals surface area contributed by atoms with Gasteiger partial charge in [-0.1, -0.05) is 78.2 Å². The smallest absolute Gasteiger partial charge is 0.450 e. The predicted molar refractivity (Wildman–Crippen MR) is 281 cm³/mol. The molecule has 414 valence electrons. The third-order valence-corrected chi connectivity index (χ3v) is 17.7. The number of alkyl halides is 6. The van der Waals surface area contributed by atoms with E-state index in [2.05, 4.69) is 14.8 Å². The highest BCUT2D eigenvalue weighted by Gasteiger charge is 2.83. The number of allylic oxidation sites excluding steroid dienone is 1. The monoisotopic (exact) mass is 1130 g/mol. The van der Waals surface area contributed by atoms with E-state index in [0.717, 1.165) is 63.5 Å². The molecule has 1 aliphatic carbocycles. The molecule has 14 nitrogen and oxygen atoms in total. The normalized spacial score (nSPS) is 15.5. The van der Waals surface area contributed by atoms with Crippen LogP contribution in [0.4, 0.5) is 43.4 Å². The highest BCUT2D eigenvalue weighted by Crippen LogP contribution is 2.52. The van der Waals surface area contributed by atoms with E-state index < -0.39 is 63.3 Å². The first-order valence-corrected chi connectivity index (χ1v) is 28.4. The van der Waals surface area contributed by atoms with Crippen molar-refractivity contribution in [3.8, 4) is 17.2 Å². The number of rotatable bonds is 23. The Hall–Kier alpha value is -6.37. The van der Waals surface area contributed by atoms with Gasteiger partial charge in [0.1, 0.15) is 29.6 Å². The van der Waals surface area contributed by atoms with Gasteiger partial charge in [-0.15, -0.1) is 0 Å². The first-order valence-electron chi connectivity index (χ1n) is 24.0. The zero-order chi connectivity index (χ0) is 56.5. The Bertz CT molecular complexity index is 3450. The van der Waals surface area contributed by atoms with Gasteiger partial charge in [0.2, 0.25) is 0 Å². The van der Waals surface area contributed by atoms with Crippen LogP contribution in [-0.2, 0) is 39.6 Å². The summed E-state index contributed by atoms with van der Waals surface area (Å²) in [7, 11) is -19.1. The zero-order valence-electron chi connectivity index (χ0n) is 43.1. The number of ether oxygens (including phenoxy) is 4. The number of hydrogen-bond acceptors (Lipinski definition) is 13. The van der Waals surface area contributed by atoms with Gasteiger partial charge in [0.05, 0.1) is 30.8 Å². The highest BCUT2D eigenvalue weighted by atomic mass is 32.3. The molecule has 23 heteroatoms. The van der Waals surface area contributed by atoms with E-state index in [4.69, 9.17) is 18.9 Å². The molecule has 7 rings (SSSR count). The maximum atomic E-state index is 15.7. The van der Waals surface area contributed by atoms with Crippen LogP contribution in [0.1, 0.15) is 70.7 Å². The Labute approximate surface area is 444 Å². The van der Waals surface area contributed by atoms with E-state index >= 15 is 26.3 Å². The SMILES string of the molecule is CCC(C)c1ccc(OS(=O)(=O)C(F)(F)C(F)(F)C(F)(F)S(=O)(=O)NS(=O)(=O)c2ccccc2C2=C3C=CC(Nc4c(C)cc(OCCOCCOC)cc4C)C=C3Oc3cc(Nc4c(C)cc(C)cc4C)ccc32)cc1. The van der Waals surface area contributed by atoms with Gasteiger partial charge >= 0.3 is 26.5 Å². The Kier molecular flexibility index (Phi) is 17.1. The van der Waals surface area contributed by atoms with Crippen LogP contribution >= 0.6 is 0 Å². The summed E-state index contributed by atoms with van der Waals surface area (Å²) in [5, 5.41) is -7.27. The van der Waals surface area contributed by atoms with Crippen molar-refractivity contribution in [1.82, 2.24) is 4.13 Å². The van der Waals surface area contributed by atoms with E-state index in [-0.39, 0.29) is 39.7 Å². The quantitative estimate of drug-likeness (QED) is 0.0319. The summed E-state index contributed by atoms with van der Waals surface area (Å²) < 4.78 is 201. The molecule has 5 aromatic carbocycles. The summed E-state index contributed by atoms with van der Waals surface area (Å²) in [6.07, 6.45) is 5.55. The molecular weight excluding hydrogens is 1080 g/mol. The molecule has 0 saturated heterocycles. The van der Waals surface area contributed by atoms with Crippen molar-refractivity contribution in [3.05, 3.63) is 165 Å². The van der Waals surface area contributed by atoms with E-state index in [1.165, 1.54) is 24.3 Å². The minimum absolute atomic E-state index is 0.0314. The van der Waals surface area contributed by atoms with Crippen LogP contribution in [0.2, 0.25) is 0 Å². The lowest BCUT2D eigenvalue weighted by molar-refractivity contribution is -0.245. The van der Waals surface area contributed by atoms with Crippen LogP contribution in [0.3, 0.4) is 0 Å². The van der Waals surface area contributed by atoms with Crippen molar-refractivity contribution >= 4 is 52.8 Å². The summed E-state index contributed by atoms with van der Waals surface area (Å²) in [5.74, 6) is -7.58. The molecular formula is C54H57F6N3O11S3. The number of methoxy groups -OCH3 is 1. The van der Waals surface area contributed by atoms with Crippen molar-refractivity contribution in [2.45, 2.75) is 88.2 Å². The van der Waals surface area contributed by atoms with Crippen LogP contribution in [0.5, 0.6) is 17.2 Å². The van der Waals surface area contributed by atoms with Crippen molar-refractivity contribution in [3.63, 3.8) is 0 Å². The van der Waals surface area contributed by atoms with Gasteiger partial charge in [0, 0.05) is 52.5 Å². The highest BCUT2D eigenvalue weighted by molar-refractivity contribution is 8.05. The summed E-state index contributed by atoms with van der Waals surface area (Å²) >= 11 is 0. The number of fused-ring (bicyclic) bond motifs is 2. The molecule has 2 aliphatic rings. The van der Waals surface area contributed by atoms with Crippen LogP contribution in [0.15, 0.2) is 125 Å². The van der Waals surface area contributed by atoms with Gasteiger partial charge in [0.25, 0.3) is 20.0 Å². The molecule has 0 radical (unpaired) electrons. The van der Waals surface area contributed by atoms with Gasteiger partial charge in [-0.3, -0.25) is 0 Å². The summed E-state index contributed by atoms with van der Waals surface area (Å²) in [6, 6.07) is 20.3. The topological polar surface area (TPSA) is 185 Å². The summed E-state index contributed by atoms with van der Waals surface area (Å²) in [4.78, 5) is -1.09. The molecule has 77 heavy (non-hydrogen) atoms. The number of aryl methyl sites for hydroxylation is 5. The second kappa shape index (κ2) is 22.5. The molecule has 0 bridgehead atoms. The maximum absolute atomic E-state index is 15.7. The van der Waals surface area contributed by atoms with E-state index in [1.54, 1.807) is 57.4 Å². The lowest BCUT2D eigenvalue weighted by Gasteiger charge is -2.31. The molecule has 0 saturated carbocycles. The minimum Gasteiger partial charge on any atom is -0.491 e. The Morgan fingerprint density at radius 3 is 1.96 bits per heavy atom. The van der Waals surface area contributed by atoms with E-state index in [9.17, 15) is 25.3 Å². The fraction of sp³-hybridized carbons (Fsp3) is 0.333. The van der Waals surface area contributed by atoms with Crippen LogP contribution in [-0.4, -0.2) is 81.3 Å². The number of benzene rings is 5. The standard InChI is InChI=1S/C54H57F6N3O11S3/c1-9-33(3)38-14-18-41(19-15-38)74-77(68,69)54(59,60)52(55,56)53(57,58)76(66,67)63-75(64,65)48-13-11-10-12-45(48)49-43-20-16-39(61-50-34(4)26-32(2)27-35(50)5)30-46(43)73-47-31-40(17-21-44(47)49)62-51-36(6)28-42(29-37(51)7)72-25-24-71-23-22-70-8/h10-21,26-31,33,40,61-63H,9,22-25H2,1-8H3. The second-order valence-electron chi connectivity index (χ2n) is 18.6. The number of nitrogens with one attached hydrogen (secondary N) is 3. The molecule has 0 aromatic heterocycles. The molecule has 1 aliphatic heterocycles. The number of halogens is 6. The second-order valence-corrected chi connectivity index (χ2v) is 23.8. The van der Waals surface area contributed by atoms with Crippen LogP contribution in [0, 0.1) is 34.6 Å². The fourth-order valence-corrected chi connectivity index (χ4v) is 12.8. The molecule has 2 unspecified atom stereocenters. The lowest BCUT2D eigenvalue weighted by Crippen LogP contribution is -2.63. The molecule has 1 heterocycles. The lowest BCUT2D eigenvalue weighted by atomic mass is 9.87. The zero-order valence-corrected chi connectivity index (χ0v) is 45.5. The van der Waals surface area contributed by atoms with Crippen molar-refractivity contribution in [2.24, 2.45) is 0 Å². The van der Waals surface area contributed by atoms with E-state index in [1.807, 2.05) is 58.9 Å². The molecule has 5 aromatic rings. The van der Waals surface area contributed by atoms with Crippen LogP contribution < -0.4 is 28.4 Å². The Balaban J connectivity index is 1.24. The maximum Gasteiger partial charge on any atom is 0.450 e. The predicted octanol–water partition coefficient (Wildman–Crippen LogP) is 11.5. The largest absolute Gasteiger partial charge is 0.491 e. The minimum atomic E-state index is -7.51. The van der Waals surface area contributed by atoms with E-state index in [0.29, 0.717) is 54.0 Å². The van der Waals surface area contributed by atoms with Gasteiger partial charge in [-0.05, 0) is 123 Å². The third-order valence-electron chi connectivity index (χ3n) is 12.8. The summed E-state index contributed by atoms with van der Waals surface area (Å²) in [6.45, 7) is 14.6. The Morgan fingerprint density at radius 1 is 0.701 bits per heavy atom. The first-order chi connectivity index (χ1) is 36.1. The Morgan fingerprint density at radius 2 is 1.32 bits per heavy atom. The molecule has 0 fully saturated rings. The van der Waals surface area contributed by atoms with Crippen LogP contribution in [0.25, 0.3) is 5.57 Å². The first kappa shape index (κ1) is 58.3. The van der Waals surface area contributed by atoms with Crippen molar-refractivity contribution in [2.75, 3.05) is 44.2 Å². The fourth-order valence-electron chi connectivity index (χ4n) is 8.72. The average Bonchev–Trinajstić information content (AvgIpc) is 3.36. The van der Waals surface area contributed by atoms with Gasteiger partial charge in [-0.25, -0.2) is 16.8 Å². The van der Waals surface area contributed by atoms with Gasteiger partial charge < -0.3 is 33.8 Å². The summed E-state index contributed by atoms with van der Waals surface area (Å²) in [5.41, 5.74) is 7.14. The molecule has 0 amide bonds. The number of hydrogen-bond donors (Lipinski definition) is 3. The third kappa shape index (κ3) is 11.9. The number of sulfonamides is 2. The van der Waals surface area contributed by atoms with Crippen molar-refractivity contribution < 1.29 is 74.7 Å². The van der Waals surface area contributed by atoms with Crippen molar-refractivity contribution in [1.29, 1.82) is 0 Å². The van der Waals surface area contributed by atoms with Gasteiger partial charge in [0.15, 0.2) is 0 Å².